The highest BCUT2D eigenvalue weighted by molar-refractivity contribution is 5.93. The molecule has 0 aliphatic rings. The van der Waals surface area contributed by atoms with Crippen LogP contribution in [0.5, 0.6) is 0 Å². The second-order valence-corrected chi connectivity index (χ2v) is 2.38. The van der Waals surface area contributed by atoms with Crippen LogP contribution in [-0.2, 0) is 16.1 Å². The average Bonchev–Trinajstić information content (AvgIpc) is 2.51. The highest BCUT2D eigenvalue weighted by Crippen LogP contribution is 1.87. The van der Waals surface area contributed by atoms with Gasteiger partial charge in [0.2, 0.25) is 5.91 Å². The number of carbonyl (C=O) groups excluding carboxylic acids is 1. The van der Waals surface area contributed by atoms with Gasteiger partial charge >= 0.3 is 5.97 Å². The Morgan fingerprint density at radius 1 is 1.62 bits per heavy atom. The van der Waals surface area contributed by atoms with Crippen molar-refractivity contribution in [2.75, 3.05) is 0 Å². The minimum atomic E-state index is -1.14. The molecule has 0 unspecified atom stereocenters. The molecule has 0 atom stereocenters. The van der Waals surface area contributed by atoms with Gasteiger partial charge in [0, 0.05) is 12.4 Å². The first-order valence-electron chi connectivity index (χ1n) is 3.65. The summed E-state index contributed by atoms with van der Waals surface area (Å²) >= 11 is 0. The summed E-state index contributed by atoms with van der Waals surface area (Å²) in [5.41, 5.74) is 0. The van der Waals surface area contributed by atoms with E-state index in [1.54, 1.807) is 12.4 Å². The number of imidazole rings is 1. The number of aliphatic carboxylic acids is 1. The summed E-state index contributed by atoms with van der Waals surface area (Å²) in [4.78, 5) is 27.5. The molecule has 13 heavy (non-hydrogen) atoms. The maximum absolute atomic E-state index is 10.8. The van der Waals surface area contributed by atoms with Gasteiger partial charge in [-0.25, -0.2) is 4.98 Å². The highest BCUT2D eigenvalue weighted by Gasteiger charge is 2.06. The van der Waals surface area contributed by atoms with Crippen LogP contribution in [0.4, 0.5) is 0 Å². The van der Waals surface area contributed by atoms with Gasteiger partial charge in [-0.3, -0.25) is 9.59 Å². The van der Waals surface area contributed by atoms with Gasteiger partial charge in [0.1, 0.15) is 12.2 Å². The fourth-order valence-corrected chi connectivity index (χ4v) is 0.777. The van der Waals surface area contributed by atoms with Crippen LogP contribution >= 0.6 is 0 Å². The molecule has 0 bridgehead atoms. The first-order valence-corrected chi connectivity index (χ1v) is 3.65. The molecule has 1 aromatic heterocycles. The zero-order valence-corrected chi connectivity index (χ0v) is 6.78. The van der Waals surface area contributed by atoms with Crippen LogP contribution in [0.1, 0.15) is 12.2 Å². The lowest BCUT2D eigenvalue weighted by molar-refractivity contribution is -0.140. The molecule has 0 aromatic carbocycles. The number of nitrogens with zero attached hydrogens (tertiary/aromatic N) is 1. The van der Waals surface area contributed by atoms with Gasteiger partial charge in [-0.15, -0.1) is 0 Å². The molecule has 1 rings (SSSR count). The summed E-state index contributed by atoms with van der Waals surface area (Å²) in [7, 11) is 0. The maximum Gasteiger partial charge on any atom is 0.312 e. The Bertz CT molecular complexity index is 294. The Kier molecular flexibility index (Phi) is 3.02. The SMILES string of the molecule is O=C(O)CC(=O)NCc1ncc[nH]1. The van der Waals surface area contributed by atoms with Crippen molar-refractivity contribution in [2.45, 2.75) is 13.0 Å². The van der Waals surface area contributed by atoms with Gasteiger partial charge < -0.3 is 15.4 Å². The molecule has 1 amide bonds. The zero-order chi connectivity index (χ0) is 9.68. The van der Waals surface area contributed by atoms with E-state index in [2.05, 4.69) is 15.3 Å². The Morgan fingerprint density at radius 2 is 2.38 bits per heavy atom. The van der Waals surface area contributed by atoms with Crippen LogP contribution in [0.3, 0.4) is 0 Å². The molecule has 1 aromatic rings. The number of carboxylic acid groups (broad SMARTS) is 1. The van der Waals surface area contributed by atoms with E-state index in [9.17, 15) is 9.59 Å². The van der Waals surface area contributed by atoms with Crippen molar-refractivity contribution >= 4 is 11.9 Å². The predicted octanol–water partition coefficient (Wildman–Crippen LogP) is -0.499. The van der Waals surface area contributed by atoms with Crippen LogP contribution in [0.25, 0.3) is 0 Å². The molecule has 1 heterocycles. The van der Waals surface area contributed by atoms with Crippen molar-refractivity contribution in [1.82, 2.24) is 15.3 Å². The number of H-pyrrole nitrogens is 1. The topological polar surface area (TPSA) is 95.1 Å². The summed E-state index contributed by atoms with van der Waals surface area (Å²) in [5.74, 6) is -1.07. The van der Waals surface area contributed by atoms with Crippen molar-refractivity contribution in [3.05, 3.63) is 18.2 Å². The number of nitrogens with one attached hydrogen (secondary N) is 2. The molecule has 6 heteroatoms. The number of hydrogen-bond acceptors (Lipinski definition) is 3. The quantitative estimate of drug-likeness (QED) is 0.548. The molecule has 0 saturated carbocycles. The summed E-state index contributed by atoms with van der Waals surface area (Å²) in [5, 5.41) is 10.7. The monoisotopic (exact) mass is 183 g/mol. The molecule has 70 valence electrons. The molecule has 6 nitrogen and oxygen atoms in total. The number of aromatic nitrogens is 2. The molecule has 0 fully saturated rings. The first kappa shape index (κ1) is 9.24. The Balaban J connectivity index is 2.27. The van der Waals surface area contributed by atoms with Crippen LogP contribution in [0.15, 0.2) is 12.4 Å². The number of rotatable bonds is 4. The Hall–Kier alpha value is -1.85. The van der Waals surface area contributed by atoms with Crippen LogP contribution in [0, 0.1) is 0 Å². The number of amides is 1. The van der Waals surface area contributed by atoms with Gasteiger partial charge in [-0.05, 0) is 0 Å². The van der Waals surface area contributed by atoms with E-state index in [1.165, 1.54) is 0 Å². The van der Waals surface area contributed by atoms with Gasteiger partial charge in [0.05, 0.1) is 6.54 Å². The van der Waals surface area contributed by atoms with Gasteiger partial charge in [-0.1, -0.05) is 0 Å². The van der Waals surface area contributed by atoms with Gasteiger partial charge in [0.25, 0.3) is 0 Å². The van der Waals surface area contributed by atoms with E-state index < -0.39 is 18.3 Å². The van der Waals surface area contributed by atoms with Gasteiger partial charge in [0.15, 0.2) is 0 Å². The minimum absolute atomic E-state index is 0.221. The third kappa shape index (κ3) is 3.37. The van der Waals surface area contributed by atoms with E-state index in [0.717, 1.165) is 0 Å². The van der Waals surface area contributed by atoms with Gasteiger partial charge in [-0.2, -0.15) is 0 Å². The fraction of sp³-hybridized carbons (Fsp3) is 0.286. The third-order valence-electron chi connectivity index (χ3n) is 1.32. The van der Waals surface area contributed by atoms with Crippen molar-refractivity contribution < 1.29 is 14.7 Å². The zero-order valence-electron chi connectivity index (χ0n) is 6.78. The van der Waals surface area contributed by atoms with Crippen molar-refractivity contribution in [3.8, 4) is 0 Å². The lowest BCUT2D eigenvalue weighted by Crippen LogP contribution is -2.25. The third-order valence-corrected chi connectivity index (χ3v) is 1.32. The Labute approximate surface area is 74.0 Å². The molecular formula is C7H9N3O3. The van der Waals surface area contributed by atoms with E-state index in [4.69, 9.17) is 5.11 Å². The number of hydrogen-bond donors (Lipinski definition) is 3. The largest absolute Gasteiger partial charge is 0.481 e. The van der Waals surface area contributed by atoms with E-state index in [-0.39, 0.29) is 6.54 Å². The lowest BCUT2D eigenvalue weighted by Gasteiger charge is -1.99. The fourth-order valence-electron chi connectivity index (χ4n) is 0.777. The van der Waals surface area contributed by atoms with Crippen molar-refractivity contribution in [3.63, 3.8) is 0 Å². The second-order valence-electron chi connectivity index (χ2n) is 2.38. The molecule has 0 spiro atoms. The smallest absolute Gasteiger partial charge is 0.312 e. The Morgan fingerprint density at radius 3 is 2.92 bits per heavy atom. The van der Waals surface area contributed by atoms with E-state index in [1.807, 2.05) is 0 Å². The molecular weight excluding hydrogens is 174 g/mol. The van der Waals surface area contributed by atoms with E-state index >= 15 is 0 Å². The van der Waals surface area contributed by atoms with Crippen molar-refractivity contribution in [1.29, 1.82) is 0 Å². The molecule has 0 aliphatic carbocycles. The average molecular weight is 183 g/mol. The standard InChI is InChI=1S/C7H9N3O3/c11-6(3-7(12)13)10-4-5-8-1-2-9-5/h1-2H,3-4H2,(H,8,9)(H,10,11)(H,12,13). The molecule has 0 saturated heterocycles. The molecule has 0 aliphatic heterocycles. The minimum Gasteiger partial charge on any atom is -0.481 e. The summed E-state index contributed by atoms with van der Waals surface area (Å²) < 4.78 is 0. The first-order chi connectivity index (χ1) is 6.18. The predicted molar refractivity (Wildman–Crippen MR) is 42.7 cm³/mol. The number of carboxylic acids is 1. The second kappa shape index (κ2) is 4.24. The highest BCUT2D eigenvalue weighted by atomic mass is 16.4. The normalized spacial score (nSPS) is 9.54. The summed E-state index contributed by atoms with van der Waals surface area (Å²) in [6.07, 6.45) is 2.66. The van der Waals surface area contributed by atoms with Crippen LogP contribution in [0.2, 0.25) is 0 Å². The molecule has 3 N–H and O–H groups in total. The van der Waals surface area contributed by atoms with Crippen LogP contribution in [-0.4, -0.2) is 27.0 Å². The number of aromatic amines is 1. The molecule has 0 radical (unpaired) electrons. The summed E-state index contributed by atoms with van der Waals surface area (Å²) in [6.45, 7) is 0.221. The van der Waals surface area contributed by atoms with Crippen molar-refractivity contribution in [2.24, 2.45) is 0 Å². The van der Waals surface area contributed by atoms with Crippen LogP contribution < -0.4 is 5.32 Å². The maximum atomic E-state index is 10.8. The number of carbonyl (C=O) groups is 2. The summed E-state index contributed by atoms with van der Waals surface area (Å²) in [6, 6.07) is 0. The van der Waals surface area contributed by atoms with E-state index in [0.29, 0.717) is 5.82 Å². The lowest BCUT2D eigenvalue weighted by atomic mass is 10.4.